The Morgan fingerprint density at radius 1 is 1.09 bits per heavy atom. The number of nitrogens with two attached hydrogens (primary N) is 1. The Morgan fingerprint density at radius 2 is 1.79 bits per heavy atom. The number of nitrogens with zero attached hydrogens (tertiary/aromatic N) is 5. The van der Waals surface area contributed by atoms with E-state index >= 15 is 0 Å². The zero-order valence-corrected chi connectivity index (χ0v) is 22.6. The Hall–Kier alpha value is -5.15. The number of benzene rings is 2. The van der Waals surface area contributed by atoms with Gasteiger partial charge >= 0.3 is 6.36 Å². The van der Waals surface area contributed by atoms with Crippen LogP contribution in [0, 0.1) is 5.82 Å². The van der Waals surface area contributed by atoms with E-state index in [-0.39, 0.29) is 5.69 Å². The number of rotatable bonds is 10. The third-order valence-corrected chi connectivity index (χ3v) is 6.23. The van der Waals surface area contributed by atoms with Crippen molar-refractivity contribution in [3.63, 3.8) is 0 Å². The van der Waals surface area contributed by atoms with E-state index in [1.54, 1.807) is 30.6 Å². The Labute approximate surface area is 240 Å². The standard InChI is InChI=1S/C27H24F5N7O4/c1-14(28)11-38(15(2)26(42)36-19-4-3-5-21(23(19)29)43-27(30,31)32)22(40)12-39-20-7-6-16(17-9-34-13-35-10-17)8-18(20)24(37-39)25(33)41/h3-10,13-15H,11-12H2,1-2H3,(H2,33,41)(H,36,42)/t14-,15+/m1/s1. The van der Waals surface area contributed by atoms with E-state index in [2.05, 4.69) is 25.1 Å². The molecule has 2 aromatic carbocycles. The van der Waals surface area contributed by atoms with Gasteiger partial charge in [0, 0.05) is 23.3 Å². The summed E-state index contributed by atoms with van der Waals surface area (Å²) >= 11 is 0. The zero-order chi connectivity index (χ0) is 31.5. The summed E-state index contributed by atoms with van der Waals surface area (Å²) in [6, 6.07) is 6.19. The zero-order valence-electron chi connectivity index (χ0n) is 22.6. The van der Waals surface area contributed by atoms with Crippen molar-refractivity contribution in [1.82, 2.24) is 24.6 Å². The van der Waals surface area contributed by atoms with Gasteiger partial charge in [0.2, 0.25) is 11.8 Å². The Kier molecular flexibility index (Phi) is 8.87. The molecule has 0 radical (unpaired) electrons. The number of carbonyl (C=O) groups is 3. The minimum atomic E-state index is -5.18. The molecule has 0 saturated carbocycles. The molecule has 0 spiro atoms. The molecule has 4 rings (SSSR count). The van der Waals surface area contributed by atoms with Crippen molar-refractivity contribution in [1.29, 1.82) is 0 Å². The van der Waals surface area contributed by atoms with Crippen LogP contribution in [0.4, 0.5) is 27.6 Å². The summed E-state index contributed by atoms with van der Waals surface area (Å²) in [6.07, 6.45) is -2.33. The molecular weight excluding hydrogens is 581 g/mol. The number of alkyl halides is 4. The van der Waals surface area contributed by atoms with Gasteiger partial charge in [0.05, 0.1) is 17.7 Å². The van der Waals surface area contributed by atoms with Crippen molar-refractivity contribution in [2.24, 2.45) is 5.73 Å². The second-order valence-electron chi connectivity index (χ2n) is 9.39. The fourth-order valence-corrected chi connectivity index (χ4v) is 4.26. The topological polar surface area (TPSA) is 145 Å². The summed E-state index contributed by atoms with van der Waals surface area (Å²) in [6.45, 7) is 1.26. The molecule has 2 aromatic heterocycles. The highest BCUT2D eigenvalue weighted by Crippen LogP contribution is 2.30. The molecule has 2 heterocycles. The smallest absolute Gasteiger partial charge is 0.403 e. The van der Waals surface area contributed by atoms with E-state index < -0.39 is 66.6 Å². The third-order valence-electron chi connectivity index (χ3n) is 6.23. The Morgan fingerprint density at radius 3 is 2.42 bits per heavy atom. The number of halogens is 5. The maximum Gasteiger partial charge on any atom is 0.573 e. The first kappa shape index (κ1) is 30.8. The predicted octanol–water partition coefficient (Wildman–Crippen LogP) is 3.84. The van der Waals surface area contributed by atoms with Gasteiger partial charge in [-0.3, -0.25) is 19.1 Å². The molecule has 0 aliphatic carbocycles. The molecule has 226 valence electrons. The number of hydrogen-bond donors (Lipinski definition) is 2. The molecule has 0 saturated heterocycles. The van der Waals surface area contributed by atoms with Crippen molar-refractivity contribution >= 4 is 34.3 Å². The van der Waals surface area contributed by atoms with Gasteiger partial charge in [-0.05, 0) is 43.7 Å². The lowest BCUT2D eigenvalue weighted by Gasteiger charge is -2.29. The van der Waals surface area contributed by atoms with E-state index in [0.717, 1.165) is 24.0 Å². The number of fused-ring (bicyclic) bond motifs is 1. The largest absolute Gasteiger partial charge is 0.573 e. The number of amides is 3. The molecule has 11 nitrogen and oxygen atoms in total. The minimum Gasteiger partial charge on any atom is -0.403 e. The normalized spacial score (nSPS) is 12.9. The van der Waals surface area contributed by atoms with Crippen LogP contribution < -0.4 is 15.8 Å². The van der Waals surface area contributed by atoms with E-state index in [1.807, 2.05) is 0 Å². The first-order valence-electron chi connectivity index (χ1n) is 12.6. The van der Waals surface area contributed by atoms with E-state index in [1.165, 1.54) is 17.9 Å². The van der Waals surface area contributed by atoms with E-state index in [9.17, 15) is 36.3 Å². The fraction of sp³-hybridized carbons (Fsp3) is 0.259. The summed E-state index contributed by atoms with van der Waals surface area (Å²) in [7, 11) is 0. The number of aromatic nitrogens is 4. The Bertz CT molecular complexity index is 1660. The van der Waals surface area contributed by atoms with Crippen molar-refractivity contribution in [3.8, 4) is 16.9 Å². The van der Waals surface area contributed by atoms with Crippen LogP contribution in [-0.2, 0) is 16.1 Å². The van der Waals surface area contributed by atoms with Crippen LogP contribution in [0.3, 0.4) is 0 Å². The third kappa shape index (κ3) is 7.20. The molecular formula is C27H24F5N7O4. The number of carbonyl (C=O) groups excluding carboxylic acids is 3. The average Bonchev–Trinajstić information content (AvgIpc) is 3.31. The molecule has 16 heteroatoms. The first-order valence-corrected chi connectivity index (χ1v) is 12.6. The van der Waals surface area contributed by atoms with Crippen LogP contribution in [0.2, 0.25) is 0 Å². The summed E-state index contributed by atoms with van der Waals surface area (Å²) < 4.78 is 71.3. The van der Waals surface area contributed by atoms with Gasteiger partial charge in [0.15, 0.2) is 17.3 Å². The van der Waals surface area contributed by atoms with Gasteiger partial charge in [-0.15, -0.1) is 13.2 Å². The monoisotopic (exact) mass is 605 g/mol. The molecule has 0 aliphatic heterocycles. The molecule has 43 heavy (non-hydrogen) atoms. The number of nitrogens with one attached hydrogen (secondary N) is 1. The van der Waals surface area contributed by atoms with Crippen LogP contribution in [0.5, 0.6) is 5.75 Å². The van der Waals surface area contributed by atoms with Crippen molar-refractivity contribution < 1.29 is 41.1 Å². The number of ether oxygens (including phenoxy) is 1. The number of hydrogen-bond acceptors (Lipinski definition) is 7. The van der Waals surface area contributed by atoms with Gasteiger partial charge in [-0.2, -0.15) is 5.10 Å². The summed E-state index contributed by atoms with van der Waals surface area (Å²) in [4.78, 5) is 47.3. The average molecular weight is 606 g/mol. The SMILES string of the molecule is C[C@@H](F)CN(C(=O)Cn1nc(C(N)=O)c2cc(-c3cncnc3)ccc21)[C@@H](C)C(=O)Nc1cccc(OC(F)(F)F)c1F. The number of primary amides is 1. The number of anilines is 1. The minimum absolute atomic E-state index is 0.144. The predicted molar refractivity (Wildman–Crippen MR) is 143 cm³/mol. The van der Waals surface area contributed by atoms with Crippen LogP contribution in [0.15, 0.2) is 55.1 Å². The molecule has 0 unspecified atom stereocenters. The molecule has 0 aliphatic rings. The maximum atomic E-state index is 14.6. The molecule has 3 amide bonds. The van der Waals surface area contributed by atoms with Crippen LogP contribution in [0.1, 0.15) is 24.3 Å². The lowest BCUT2D eigenvalue weighted by Crippen LogP contribution is -2.49. The van der Waals surface area contributed by atoms with Gasteiger partial charge in [0.25, 0.3) is 5.91 Å². The molecule has 2 atom stereocenters. The summed E-state index contributed by atoms with van der Waals surface area (Å²) in [5.74, 6) is -5.38. The van der Waals surface area contributed by atoms with Crippen molar-refractivity contribution in [2.45, 2.75) is 39.0 Å². The second-order valence-corrected chi connectivity index (χ2v) is 9.39. The van der Waals surface area contributed by atoms with Crippen molar-refractivity contribution in [2.75, 3.05) is 11.9 Å². The fourth-order valence-electron chi connectivity index (χ4n) is 4.26. The molecule has 0 fully saturated rings. The van der Waals surface area contributed by atoms with Crippen LogP contribution in [0.25, 0.3) is 22.0 Å². The second kappa shape index (κ2) is 12.4. The lowest BCUT2D eigenvalue weighted by molar-refractivity contribution is -0.275. The summed E-state index contributed by atoms with van der Waals surface area (Å²) in [5, 5.41) is 6.58. The van der Waals surface area contributed by atoms with Gasteiger partial charge < -0.3 is 20.7 Å². The quantitative estimate of drug-likeness (QED) is 0.261. The lowest BCUT2D eigenvalue weighted by atomic mass is 10.1. The van der Waals surface area contributed by atoms with Gasteiger partial charge in [-0.1, -0.05) is 12.1 Å². The van der Waals surface area contributed by atoms with E-state index in [4.69, 9.17) is 5.73 Å². The highest BCUT2D eigenvalue weighted by molar-refractivity contribution is 6.05. The van der Waals surface area contributed by atoms with E-state index in [0.29, 0.717) is 28.1 Å². The highest BCUT2D eigenvalue weighted by Gasteiger charge is 2.34. The van der Waals surface area contributed by atoms with Crippen LogP contribution in [-0.4, -0.2) is 67.5 Å². The van der Waals surface area contributed by atoms with Crippen molar-refractivity contribution in [3.05, 3.63) is 66.6 Å². The maximum absolute atomic E-state index is 14.6. The first-order chi connectivity index (χ1) is 20.2. The highest BCUT2D eigenvalue weighted by atomic mass is 19.4. The van der Waals surface area contributed by atoms with Crippen LogP contribution >= 0.6 is 0 Å². The van der Waals surface area contributed by atoms with Gasteiger partial charge in [0.1, 0.15) is 25.1 Å². The molecule has 4 aromatic rings. The Balaban J connectivity index is 1.60. The molecule has 3 N–H and O–H groups in total. The summed E-state index contributed by atoms with van der Waals surface area (Å²) in [5.41, 5.74) is 6.33. The van der Waals surface area contributed by atoms with Gasteiger partial charge in [-0.25, -0.2) is 18.7 Å². The molecule has 0 bridgehead atoms.